The standard InChI is InChI=1S/C41H77N2O7P/c1-3-5-7-9-11-13-14-15-16-17-18-19-20-21-22-23-25-26-28-30-32-38(44)36-41(46)43-39(37-50-51(47,48)49-35-34-42)40(45)33-31-29-27-24-12-10-8-6-4-2/h4,6,12,20-21,24,31,33,38-40,44-45H,3,5,7-11,13-19,22-23,25-30,32,34-37,42H2,1-2H3,(H,43,46)(H,47,48)/b6-4+,21-20-,24-12+,33-31+. The maximum Gasteiger partial charge on any atom is 0.472 e. The molecular weight excluding hydrogens is 663 g/mol. The molecule has 0 saturated carbocycles. The van der Waals surface area contributed by atoms with Gasteiger partial charge in [0.15, 0.2) is 0 Å². The number of allylic oxidation sites excluding steroid dienone is 7. The molecule has 51 heavy (non-hydrogen) atoms. The van der Waals surface area contributed by atoms with Gasteiger partial charge >= 0.3 is 7.82 Å². The van der Waals surface area contributed by atoms with Crippen LogP contribution >= 0.6 is 7.82 Å². The third-order valence-electron chi connectivity index (χ3n) is 8.75. The summed E-state index contributed by atoms with van der Waals surface area (Å²) in [7, 11) is -4.40. The normalized spacial score (nSPS) is 15.3. The molecule has 0 aliphatic heterocycles. The quantitative estimate of drug-likeness (QED) is 0.0240. The van der Waals surface area contributed by atoms with E-state index in [2.05, 4.69) is 42.6 Å². The Bertz CT molecular complexity index is 956. The highest BCUT2D eigenvalue weighted by Crippen LogP contribution is 2.43. The molecule has 0 aromatic heterocycles. The average molecular weight is 741 g/mol. The number of unbranched alkanes of at least 4 members (excludes halogenated alkanes) is 18. The van der Waals surface area contributed by atoms with Gasteiger partial charge in [-0.3, -0.25) is 13.8 Å². The van der Waals surface area contributed by atoms with Crippen LogP contribution < -0.4 is 11.1 Å². The first-order chi connectivity index (χ1) is 24.8. The van der Waals surface area contributed by atoms with Crippen molar-refractivity contribution in [2.45, 2.75) is 186 Å². The zero-order valence-electron chi connectivity index (χ0n) is 32.4. The smallest absolute Gasteiger partial charge is 0.393 e. The summed E-state index contributed by atoms with van der Waals surface area (Å²) in [6.45, 7) is 3.69. The minimum absolute atomic E-state index is 0.0396. The summed E-state index contributed by atoms with van der Waals surface area (Å²) in [6.07, 6.45) is 40.9. The molecule has 10 heteroatoms. The van der Waals surface area contributed by atoms with Gasteiger partial charge in [-0.25, -0.2) is 4.57 Å². The number of nitrogens with one attached hydrogen (secondary N) is 1. The molecule has 0 aromatic carbocycles. The molecule has 9 nitrogen and oxygen atoms in total. The van der Waals surface area contributed by atoms with Crippen LogP contribution in [0.1, 0.15) is 168 Å². The number of rotatable bonds is 37. The molecule has 0 aliphatic carbocycles. The Labute approximate surface area is 312 Å². The summed E-state index contributed by atoms with van der Waals surface area (Å²) in [5.74, 6) is -0.469. The van der Waals surface area contributed by atoms with E-state index in [9.17, 15) is 24.5 Å². The van der Waals surface area contributed by atoms with Crippen LogP contribution in [-0.4, -0.2) is 59.0 Å². The zero-order valence-corrected chi connectivity index (χ0v) is 33.3. The molecule has 0 spiro atoms. The van der Waals surface area contributed by atoms with Gasteiger partial charge in [0, 0.05) is 6.54 Å². The number of carbonyl (C=O) groups is 1. The van der Waals surface area contributed by atoms with Crippen molar-refractivity contribution < 1.29 is 33.5 Å². The molecule has 298 valence electrons. The van der Waals surface area contributed by atoms with E-state index in [0.717, 1.165) is 51.4 Å². The molecule has 0 bridgehead atoms. The molecule has 4 atom stereocenters. The second-order valence-electron chi connectivity index (χ2n) is 13.7. The average Bonchev–Trinajstić information content (AvgIpc) is 3.10. The van der Waals surface area contributed by atoms with E-state index in [0.29, 0.717) is 12.8 Å². The van der Waals surface area contributed by atoms with Crippen LogP contribution in [0.2, 0.25) is 0 Å². The predicted molar refractivity (Wildman–Crippen MR) is 213 cm³/mol. The van der Waals surface area contributed by atoms with E-state index >= 15 is 0 Å². The molecule has 0 aromatic rings. The van der Waals surface area contributed by atoms with Crippen LogP contribution in [0.4, 0.5) is 0 Å². The number of aliphatic hydroxyl groups excluding tert-OH is 2. The molecule has 0 aliphatic rings. The fourth-order valence-electron chi connectivity index (χ4n) is 5.68. The van der Waals surface area contributed by atoms with Crippen molar-refractivity contribution in [3.8, 4) is 0 Å². The molecular formula is C41H77N2O7P. The summed E-state index contributed by atoms with van der Waals surface area (Å²) in [4.78, 5) is 22.6. The maximum absolute atomic E-state index is 12.7. The molecule has 0 saturated heterocycles. The van der Waals surface area contributed by atoms with Crippen LogP contribution in [0.25, 0.3) is 0 Å². The number of carbonyl (C=O) groups excluding carboxylic acids is 1. The molecule has 0 rings (SSSR count). The fourth-order valence-corrected chi connectivity index (χ4v) is 6.44. The van der Waals surface area contributed by atoms with Crippen molar-refractivity contribution in [3.05, 3.63) is 48.6 Å². The highest BCUT2D eigenvalue weighted by Gasteiger charge is 2.27. The number of aliphatic hydroxyl groups is 2. The zero-order chi connectivity index (χ0) is 37.7. The van der Waals surface area contributed by atoms with Crippen molar-refractivity contribution in [1.29, 1.82) is 0 Å². The summed E-state index contributed by atoms with van der Waals surface area (Å²) in [6, 6.07) is -1.01. The lowest BCUT2D eigenvalue weighted by atomic mass is 10.0. The SMILES string of the molecule is C/C=C/CC/C=C/CC/C=C/C(O)C(COP(=O)(O)OCCN)NC(=O)CC(O)CCCCCCC/C=C\CCCCCCCCCCCCC. The van der Waals surface area contributed by atoms with Crippen molar-refractivity contribution in [3.63, 3.8) is 0 Å². The summed E-state index contributed by atoms with van der Waals surface area (Å²) >= 11 is 0. The van der Waals surface area contributed by atoms with Gasteiger partial charge in [-0.05, 0) is 64.7 Å². The molecule has 4 unspecified atom stereocenters. The van der Waals surface area contributed by atoms with Gasteiger partial charge in [0.2, 0.25) is 5.91 Å². The Kier molecular flexibility index (Phi) is 35.6. The lowest BCUT2D eigenvalue weighted by molar-refractivity contribution is -0.124. The van der Waals surface area contributed by atoms with Crippen LogP contribution in [-0.2, 0) is 18.4 Å². The van der Waals surface area contributed by atoms with Crippen molar-refractivity contribution >= 4 is 13.7 Å². The van der Waals surface area contributed by atoms with Crippen LogP contribution in [0, 0.1) is 0 Å². The molecule has 0 fully saturated rings. The van der Waals surface area contributed by atoms with Gasteiger partial charge in [0.05, 0.1) is 37.9 Å². The maximum atomic E-state index is 12.7. The van der Waals surface area contributed by atoms with Gasteiger partial charge < -0.3 is 26.2 Å². The summed E-state index contributed by atoms with van der Waals surface area (Å²) < 4.78 is 21.9. The Hall–Kier alpha value is -1.58. The van der Waals surface area contributed by atoms with Gasteiger partial charge in [-0.15, -0.1) is 0 Å². The van der Waals surface area contributed by atoms with E-state index in [-0.39, 0.29) is 19.6 Å². The Balaban J connectivity index is 4.25. The van der Waals surface area contributed by atoms with Gasteiger partial charge in [0.1, 0.15) is 0 Å². The van der Waals surface area contributed by atoms with Gasteiger partial charge in [0.25, 0.3) is 0 Å². The van der Waals surface area contributed by atoms with Crippen LogP contribution in [0.3, 0.4) is 0 Å². The first-order valence-corrected chi connectivity index (χ1v) is 21.8. The highest BCUT2D eigenvalue weighted by atomic mass is 31.2. The monoisotopic (exact) mass is 741 g/mol. The number of hydrogen-bond acceptors (Lipinski definition) is 7. The predicted octanol–water partition coefficient (Wildman–Crippen LogP) is 9.91. The topological polar surface area (TPSA) is 151 Å². The third kappa shape index (κ3) is 35.2. The van der Waals surface area contributed by atoms with E-state index in [4.69, 9.17) is 14.8 Å². The van der Waals surface area contributed by atoms with Crippen molar-refractivity contribution in [1.82, 2.24) is 5.32 Å². The highest BCUT2D eigenvalue weighted by molar-refractivity contribution is 7.47. The van der Waals surface area contributed by atoms with E-state index in [1.807, 2.05) is 13.0 Å². The molecule has 0 heterocycles. The van der Waals surface area contributed by atoms with Crippen molar-refractivity contribution in [2.75, 3.05) is 19.8 Å². The van der Waals surface area contributed by atoms with Gasteiger partial charge in [-0.1, -0.05) is 145 Å². The Morgan fingerprint density at radius 3 is 1.75 bits per heavy atom. The van der Waals surface area contributed by atoms with Gasteiger partial charge in [-0.2, -0.15) is 0 Å². The second kappa shape index (κ2) is 36.8. The summed E-state index contributed by atoms with van der Waals surface area (Å²) in [5, 5.41) is 23.9. The largest absolute Gasteiger partial charge is 0.472 e. The first-order valence-electron chi connectivity index (χ1n) is 20.3. The Morgan fingerprint density at radius 2 is 1.20 bits per heavy atom. The van der Waals surface area contributed by atoms with E-state index in [1.54, 1.807) is 6.08 Å². The number of phosphoric ester groups is 1. The van der Waals surface area contributed by atoms with Crippen LogP contribution in [0.15, 0.2) is 48.6 Å². The van der Waals surface area contributed by atoms with E-state index < -0.39 is 38.6 Å². The van der Waals surface area contributed by atoms with E-state index in [1.165, 1.54) is 89.5 Å². The molecule has 0 radical (unpaired) electrons. The second-order valence-corrected chi connectivity index (χ2v) is 15.1. The van der Waals surface area contributed by atoms with Crippen LogP contribution in [0.5, 0.6) is 0 Å². The number of amides is 1. The number of nitrogens with two attached hydrogens (primary N) is 1. The molecule has 6 N–H and O–H groups in total. The number of hydrogen-bond donors (Lipinski definition) is 5. The van der Waals surface area contributed by atoms with Crippen molar-refractivity contribution in [2.24, 2.45) is 5.73 Å². The first kappa shape index (κ1) is 49.4. The lowest BCUT2D eigenvalue weighted by Crippen LogP contribution is -2.46. The Morgan fingerprint density at radius 1 is 0.706 bits per heavy atom. The fraction of sp³-hybridized carbons (Fsp3) is 0.780. The number of phosphoric acid groups is 1. The molecule has 1 amide bonds. The minimum Gasteiger partial charge on any atom is -0.393 e. The lowest BCUT2D eigenvalue weighted by Gasteiger charge is -2.24. The minimum atomic E-state index is -4.40. The summed E-state index contributed by atoms with van der Waals surface area (Å²) in [5.41, 5.74) is 5.33. The third-order valence-corrected chi connectivity index (χ3v) is 9.74.